The van der Waals surface area contributed by atoms with Crippen LogP contribution >= 0.6 is 0 Å². The van der Waals surface area contributed by atoms with Crippen LogP contribution in [0.2, 0.25) is 0 Å². The molecule has 0 spiro atoms. The van der Waals surface area contributed by atoms with E-state index in [-0.39, 0.29) is 11.4 Å². The van der Waals surface area contributed by atoms with Crippen molar-refractivity contribution in [3.8, 4) is 5.75 Å². The molecule has 0 amide bonds. The van der Waals surface area contributed by atoms with Crippen LogP contribution in [0.1, 0.15) is 31.9 Å². The van der Waals surface area contributed by atoms with Gasteiger partial charge in [-0.1, -0.05) is 26.8 Å². The average molecular weight is 248 g/mol. The Morgan fingerprint density at radius 2 is 1.89 bits per heavy atom. The van der Waals surface area contributed by atoms with Crippen LogP contribution in [0.3, 0.4) is 0 Å². The van der Waals surface area contributed by atoms with Gasteiger partial charge in [0.2, 0.25) is 0 Å². The molecule has 0 aromatic heterocycles. The number of rotatable bonds is 3. The average Bonchev–Trinajstić information content (AvgIpc) is 2.34. The molecule has 0 aliphatic heterocycles. The van der Waals surface area contributed by atoms with Gasteiger partial charge in [-0.25, -0.2) is 4.79 Å². The number of carbonyl (C=O) groups excluding carboxylic acids is 1. The molecule has 0 unspecified atom stereocenters. The molecule has 0 aliphatic carbocycles. The van der Waals surface area contributed by atoms with E-state index in [9.17, 15) is 4.79 Å². The highest BCUT2D eigenvalue weighted by Crippen LogP contribution is 2.32. The Balaban J connectivity index is 3.11. The monoisotopic (exact) mass is 248 g/mol. The van der Waals surface area contributed by atoms with Crippen LogP contribution in [0.25, 0.3) is 6.08 Å². The molecule has 98 valence electrons. The molecule has 0 saturated carbocycles. The van der Waals surface area contributed by atoms with Gasteiger partial charge in [-0.3, -0.25) is 0 Å². The van der Waals surface area contributed by atoms with Gasteiger partial charge in [0, 0.05) is 11.6 Å². The molecular weight excluding hydrogens is 228 g/mol. The van der Waals surface area contributed by atoms with E-state index in [1.807, 2.05) is 18.2 Å². The van der Waals surface area contributed by atoms with Crippen molar-refractivity contribution in [2.24, 2.45) is 0 Å². The van der Waals surface area contributed by atoms with Crippen LogP contribution in [0, 0.1) is 0 Å². The third-order valence-electron chi connectivity index (χ3n) is 2.64. The summed E-state index contributed by atoms with van der Waals surface area (Å²) in [4.78, 5) is 11.1. The first kappa shape index (κ1) is 14.3. The SMILES string of the molecule is COC(=O)C=Cc1ccc(OC)c(C(C)(C)C)c1. The highest BCUT2D eigenvalue weighted by atomic mass is 16.5. The Morgan fingerprint density at radius 1 is 1.22 bits per heavy atom. The molecule has 0 N–H and O–H groups in total. The summed E-state index contributed by atoms with van der Waals surface area (Å²) in [5.41, 5.74) is 2.05. The minimum absolute atomic E-state index is 0.0134. The smallest absolute Gasteiger partial charge is 0.330 e. The third-order valence-corrected chi connectivity index (χ3v) is 2.64. The number of methoxy groups -OCH3 is 2. The summed E-state index contributed by atoms with van der Waals surface area (Å²) >= 11 is 0. The number of ether oxygens (including phenoxy) is 2. The van der Waals surface area contributed by atoms with E-state index in [1.165, 1.54) is 13.2 Å². The topological polar surface area (TPSA) is 35.5 Å². The minimum Gasteiger partial charge on any atom is -0.496 e. The number of hydrogen-bond acceptors (Lipinski definition) is 3. The maximum atomic E-state index is 11.1. The zero-order valence-corrected chi connectivity index (χ0v) is 11.6. The van der Waals surface area contributed by atoms with Crippen molar-refractivity contribution in [3.05, 3.63) is 35.4 Å². The van der Waals surface area contributed by atoms with Crippen LogP contribution < -0.4 is 4.74 Å². The van der Waals surface area contributed by atoms with E-state index in [2.05, 4.69) is 25.5 Å². The highest BCUT2D eigenvalue weighted by Gasteiger charge is 2.18. The molecule has 0 heterocycles. The first-order valence-corrected chi connectivity index (χ1v) is 5.83. The Morgan fingerprint density at radius 3 is 2.39 bits per heavy atom. The maximum Gasteiger partial charge on any atom is 0.330 e. The molecule has 0 radical (unpaired) electrons. The maximum absolute atomic E-state index is 11.1. The molecule has 0 saturated heterocycles. The number of carbonyl (C=O) groups is 1. The second-order valence-corrected chi connectivity index (χ2v) is 5.07. The van der Waals surface area contributed by atoms with Crippen LogP contribution in [0.4, 0.5) is 0 Å². The van der Waals surface area contributed by atoms with Crippen molar-refractivity contribution < 1.29 is 14.3 Å². The lowest BCUT2D eigenvalue weighted by Crippen LogP contribution is -2.13. The fraction of sp³-hybridized carbons (Fsp3) is 0.400. The van der Waals surface area contributed by atoms with Gasteiger partial charge >= 0.3 is 5.97 Å². The third kappa shape index (κ3) is 3.62. The Labute approximate surface area is 108 Å². The molecule has 1 rings (SSSR count). The van der Waals surface area contributed by atoms with E-state index < -0.39 is 0 Å². The molecule has 0 aliphatic rings. The van der Waals surface area contributed by atoms with Crippen molar-refractivity contribution in [3.63, 3.8) is 0 Å². The summed E-state index contributed by atoms with van der Waals surface area (Å²) in [6.07, 6.45) is 3.15. The van der Waals surface area contributed by atoms with Gasteiger partial charge in [0.15, 0.2) is 0 Å². The summed E-state index contributed by atoms with van der Waals surface area (Å²) in [7, 11) is 3.02. The highest BCUT2D eigenvalue weighted by molar-refractivity contribution is 5.87. The first-order chi connectivity index (χ1) is 8.38. The van der Waals surface area contributed by atoms with E-state index in [4.69, 9.17) is 4.74 Å². The van der Waals surface area contributed by atoms with E-state index in [0.717, 1.165) is 16.9 Å². The summed E-state index contributed by atoms with van der Waals surface area (Å²) in [5.74, 6) is 0.501. The zero-order valence-electron chi connectivity index (χ0n) is 11.6. The molecule has 1 aromatic carbocycles. The Bertz CT molecular complexity index is 453. The lowest BCUT2D eigenvalue weighted by Gasteiger charge is -2.22. The minimum atomic E-state index is -0.358. The summed E-state index contributed by atoms with van der Waals surface area (Å²) in [6, 6.07) is 5.85. The van der Waals surface area contributed by atoms with Crippen LogP contribution in [0.15, 0.2) is 24.3 Å². The lowest BCUT2D eigenvalue weighted by molar-refractivity contribution is -0.134. The quantitative estimate of drug-likeness (QED) is 0.609. The predicted molar refractivity (Wildman–Crippen MR) is 72.7 cm³/mol. The molecule has 3 nitrogen and oxygen atoms in total. The first-order valence-electron chi connectivity index (χ1n) is 5.83. The largest absolute Gasteiger partial charge is 0.496 e. The van der Waals surface area contributed by atoms with Crippen molar-refractivity contribution in [1.82, 2.24) is 0 Å². The fourth-order valence-corrected chi connectivity index (χ4v) is 1.65. The van der Waals surface area contributed by atoms with Gasteiger partial charge in [0.1, 0.15) is 5.75 Å². The van der Waals surface area contributed by atoms with E-state index in [1.54, 1.807) is 13.2 Å². The number of esters is 1. The van der Waals surface area contributed by atoms with Crippen molar-refractivity contribution >= 4 is 12.0 Å². The summed E-state index contributed by atoms with van der Waals surface area (Å²) < 4.78 is 9.92. The van der Waals surface area contributed by atoms with Crippen LogP contribution in [-0.4, -0.2) is 20.2 Å². The Hall–Kier alpha value is -1.77. The second-order valence-electron chi connectivity index (χ2n) is 5.07. The zero-order chi connectivity index (χ0) is 13.8. The molecular formula is C15H20O3. The second kappa shape index (κ2) is 5.71. The van der Waals surface area contributed by atoms with Crippen molar-refractivity contribution in [1.29, 1.82) is 0 Å². The standard InChI is InChI=1S/C15H20O3/c1-15(2,3)12-10-11(6-8-13(12)17-4)7-9-14(16)18-5/h6-10H,1-5H3. The normalized spacial score (nSPS) is 11.6. The lowest BCUT2D eigenvalue weighted by atomic mass is 9.85. The molecule has 18 heavy (non-hydrogen) atoms. The van der Waals surface area contributed by atoms with Crippen molar-refractivity contribution in [2.75, 3.05) is 14.2 Å². The van der Waals surface area contributed by atoms with Crippen LogP contribution in [0.5, 0.6) is 5.75 Å². The van der Waals surface area contributed by atoms with Gasteiger partial charge < -0.3 is 9.47 Å². The van der Waals surface area contributed by atoms with E-state index in [0.29, 0.717) is 0 Å². The van der Waals surface area contributed by atoms with Crippen molar-refractivity contribution in [2.45, 2.75) is 26.2 Å². The summed E-state index contributed by atoms with van der Waals surface area (Å²) in [6.45, 7) is 6.37. The summed E-state index contributed by atoms with van der Waals surface area (Å²) in [5, 5.41) is 0. The predicted octanol–water partition coefficient (Wildman–Crippen LogP) is 3.18. The van der Waals surface area contributed by atoms with Crippen LogP contribution in [-0.2, 0) is 14.9 Å². The molecule has 3 heteroatoms. The fourth-order valence-electron chi connectivity index (χ4n) is 1.65. The van der Waals surface area contributed by atoms with Gasteiger partial charge in [0.25, 0.3) is 0 Å². The Kier molecular flexibility index (Phi) is 4.54. The number of benzene rings is 1. The molecule has 1 aromatic rings. The van der Waals surface area contributed by atoms with E-state index >= 15 is 0 Å². The molecule has 0 atom stereocenters. The molecule has 0 fully saturated rings. The molecule has 0 bridgehead atoms. The van der Waals surface area contributed by atoms with Gasteiger partial charge in [-0.2, -0.15) is 0 Å². The van der Waals surface area contributed by atoms with Gasteiger partial charge in [-0.05, 0) is 29.2 Å². The van der Waals surface area contributed by atoms with Gasteiger partial charge in [0.05, 0.1) is 14.2 Å². The number of hydrogen-bond donors (Lipinski definition) is 0. The van der Waals surface area contributed by atoms with Gasteiger partial charge in [-0.15, -0.1) is 0 Å².